The number of unbranched alkanes of at least 4 members (excludes halogenated alkanes) is 8. The lowest BCUT2D eigenvalue weighted by Crippen LogP contribution is -2.35. The largest absolute Gasteiger partial charge is 0.322 e. The molecule has 2 amide bonds. The van der Waals surface area contributed by atoms with Gasteiger partial charge in [-0.3, -0.25) is 14.5 Å². The molecule has 1 aliphatic rings. The number of imide groups is 1. The minimum absolute atomic E-state index is 0.0216. The number of carbonyl (C=O) groups excluding carboxylic acids is 2. The van der Waals surface area contributed by atoms with Crippen molar-refractivity contribution in [1.82, 2.24) is 14.5 Å². The molecule has 5 nitrogen and oxygen atoms in total. The first kappa shape index (κ1) is 24.6. The van der Waals surface area contributed by atoms with Crippen molar-refractivity contribution in [1.29, 1.82) is 0 Å². The Morgan fingerprint density at radius 3 is 2.30 bits per heavy atom. The van der Waals surface area contributed by atoms with Crippen LogP contribution >= 0.6 is 0 Å². The molecule has 1 aromatic heterocycles. The lowest BCUT2D eigenvalue weighted by Gasteiger charge is -2.22. The molecule has 0 aliphatic carbocycles. The summed E-state index contributed by atoms with van der Waals surface area (Å²) in [7, 11) is 0. The standard InChI is InChI=1S/C25H43N3O2/c1-4-7-9-10-11-12-13-14-16-23-26-17-18-27(23)22-19-24(29)28(25(22)30)20-21(6-3)15-8-5-2/h17-18,21-22H,4-16,19-20H2,1-3H3. The monoisotopic (exact) mass is 417 g/mol. The van der Waals surface area contributed by atoms with Crippen LogP contribution in [0.1, 0.15) is 116 Å². The van der Waals surface area contributed by atoms with Crippen LogP contribution in [0, 0.1) is 5.92 Å². The van der Waals surface area contributed by atoms with Gasteiger partial charge in [-0.15, -0.1) is 0 Å². The van der Waals surface area contributed by atoms with E-state index in [4.69, 9.17) is 0 Å². The molecule has 2 unspecified atom stereocenters. The zero-order chi connectivity index (χ0) is 21.8. The molecule has 0 saturated carbocycles. The first-order valence-electron chi connectivity index (χ1n) is 12.5. The van der Waals surface area contributed by atoms with Gasteiger partial charge in [-0.2, -0.15) is 0 Å². The second-order valence-corrected chi connectivity index (χ2v) is 8.95. The summed E-state index contributed by atoms with van der Waals surface area (Å²) in [5, 5.41) is 0. The highest BCUT2D eigenvalue weighted by molar-refractivity contribution is 6.04. The van der Waals surface area contributed by atoms with Crippen LogP contribution in [0.4, 0.5) is 0 Å². The normalized spacial score (nSPS) is 17.8. The van der Waals surface area contributed by atoms with Crippen LogP contribution in [0.2, 0.25) is 0 Å². The van der Waals surface area contributed by atoms with E-state index in [0.29, 0.717) is 12.5 Å². The van der Waals surface area contributed by atoms with Crippen LogP contribution in [0.5, 0.6) is 0 Å². The molecule has 5 heteroatoms. The number of hydrogen-bond acceptors (Lipinski definition) is 3. The smallest absolute Gasteiger partial charge is 0.252 e. The van der Waals surface area contributed by atoms with E-state index >= 15 is 0 Å². The summed E-state index contributed by atoms with van der Waals surface area (Å²) in [5.41, 5.74) is 0. The Kier molecular flexibility index (Phi) is 11.2. The summed E-state index contributed by atoms with van der Waals surface area (Å²) in [4.78, 5) is 31.7. The van der Waals surface area contributed by atoms with Gasteiger partial charge in [0.1, 0.15) is 11.9 Å². The molecule has 0 aromatic carbocycles. The average molecular weight is 418 g/mol. The SMILES string of the molecule is CCCCCCCCCCc1nccn1C1CC(=O)N(CC(CC)CCCC)C1=O. The Morgan fingerprint density at radius 2 is 1.63 bits per heavy atom. The maximum absolute atomic E-state index is 13.0. The summed E-state index contributed by atoms with van der Waals surface area (Å²) in [6.45, 7) is 7.16. The topological polar surface area (TPSA) is 55.2 Å². The third kappa shape index (κ3) is 7.24. The molecule has 2 atom stereocenters. The second-order valence-electron chi connectivity index (χ2n) is 8.95. The molecular weight excluding hydrogens is 374 g/mol. The molecule has 30 heavy (non-hydrogen) atoms. The molecule has 1 fully saturated rings. The van der Waals surface area contributed by atoms with E-state index in [0.717, 1.165) is 44.3 Å². The number of imidazole rings is 1. The van der Waals surface area contributed by atoms with Crippen LogP contribution in [-0.4, -0.2) is 32.8 Å². The predicted molar refractivity (Wildman–Crippen MR) is 122 cm³/mol. The summed E-state index contributed by atoms with van der Waals surface area (Å²) in [6.07, 6.45) is 19.4. The van der Waals surface area contributed by atoms with Crippen molar-refractivity contribution in [3.8, 4) is 0 Å². The van der Waals surface area contributed by atoms with Gasteiger partial charge in [0.05, 0.1) is 6.42 Å². The second kappa shape index (κ2) is 13.6. The van der Waals surface area contributed by atoms with Crippen molar-refractivity contribution in [2.24, 2.45) is 5.92 Å². The van der Waals surface area contributed by atoms with Gasteiger partial charge in [0.2, 0.25) is 5.91 Å². The summed E-state index contributed by atoms with van der Waals surface area (Å²) < 4.78 is 1.97. The van der Waals surface area contributed by atoms with Gasteiger partial charge in [0.25, 0.3) is 5.91 Å². The molecule has 0 bridgehead atoms. The van der Waals surface area contributed by atoms with Crippen LogP contribution in [0.15, 0.2) is 12.4 Å². The fourth-order valence-electron chi connectivity index (χ4n) is 4.49. The van der Waals surface area contributed by atoms with E-state index in [9.17, 15) is 9.59 Å². The van der Waals surface area contributed by atoms with Crippen LogP contribution in [0.3, 0.4) is 0 Å². The number of hydrogen-bond donors (Lipinski definition) is 0. The molecule has 2 heterocycles. The van der Waals surface area contributed by atoms with Crippen LogP contribution in [0.25, 0.3) is 0 Å². The van der Waals surface area contributed by atoms with Crippen molar-refractivity contribution in [2.75, 3.05) is 6.54 Å². The van der Waals surface area contributed by atoms with Gasteiger partial charge >= 0.3 is 0 Å². The highest BCUT2D eigenvalue weighted by Gasteiger charge is 2.40. The molecule has 0 N–H and O–H groups in total. The van der Waals surface area contributed by atoms with Gasteiger partial charge in [-0.25, -0.2) is 4.98 Å². The lowest BCUT2D eigenvalue weighted by molar-refractivity contribution is -0.140. The van der Waals surface area contributed by atoms with Gasteiger partial charge in [0, 0.05) is 25.4 Å². The van der Waals surface area contributed by atoms with E-state index in [2.05, 4.69) is 25.8 Å². The third-order valence-electron chi connectivity index (χ3n) is 6.54. The number of aryl methyl sites for hydroxylation is 1. The van der Waals surface area contributed by atoms with E-state index in [-0.39, 0.29) is 18.2 Å². The zero-order valence-electron chi connectivity index (χ0n) is 19.6. The number of aromatic nitrogens is 2. The van der Waals surface area contributed by atoms with E-state index in [1.165, 1.54) is 49.8 Å². The molecule has 0 radical (unpaired) electrons. The molecule has 170 valence electrons. The van der Waals surface area contributed by atoms with Crippen molar-refractivity contribution in [3.63, 3.8) is 0 Å². The van der Waals surface area contributed by atoms with Gasteiger partial charge in [0.15, 0.2) is 0 Å². The average Bonchev–Trinajstić information content (AvgIpc) is 3.31. The van der Waals surface area contributed by atoms with E-state index in [1.807, 2.05) is 10.8 Å². The highest BCUT2D eigenvalue weighted by atomic mass is 16.2. The minimum Gasteiger partial charge on any atom is -0.322 e. The Hall–Kier alpha value is -1.65. The van der Waals surface area contributed by atoms with E-state index in [1.54, 1.807) is 6.20 Å². The Bertz CT molecular complexity index is 640. The van der Waals surface area contributed by atoms with E-state index < -0.39 is 6.04 Å². The zero-order valence-corrected chi connectivity index (χ0v) is 19.6. The van der Waals surface area contributed by atoms with Crippen molar-refractivity contribution in [2.45, 2.75) is 117 Å². The summed E-state index contributed by atoms with van der Waals surface area (Å²) in [6, 6.07) is -0.396. The Balaban J connectivity index is 1.84. The minimum atomic E-state index is -0.396. The van der Waals surface area contributed by atoms with Crippen molar-refractivity contribution >= 4 is 11.8 Å². The lowest BCUT2D eigenvalue weighted by atomic mass is 9.99. The molecule has 0 spiro atoms. The summed E-state index contributed by atoms with van der Waals surface area (Å²) >= 11 is 0. The summed E-state index contributed by atoms with van der Waals surface area (Å²) in [5.74, 6) is 1.31. The third-order valence-corrected chi connectivity index (χ3v) is 6.54. The number of nitrogens with zero attached hydrogens (tertiary/aromatic N) is 3. The quantitative estimate of drug-likeness (QED) is 0.242. The fourth-order valence-corrected chi connectivity index (χ4v) is 4.49. The van der Waals surface area contributed by atoms with Gasteiger partial charge in [-0.1, -0.05) is 85.0 Å². The highest BCUT2D eigenvalue weighted by Crippen LogP contribution is 2.28. The molecule has 1 aromatic rings. The van der Waals surface area contributed by atoms with Gasteiger partial charge in [-0.05, 0) is 18.8 Å². The Morgan fingerprint density at radius 1 is 0.967 bits per heavy atom. The fraction of sp³-hybridized carbons (Fsp3) is 0.800. The maximum atomic E-state index is 13.0. The first-order chi connectivity index (χ1) is 14.6. The van der Waals surface area contributed by atoms with Crippen LogP contribution < -0.4 is 0 Å². The molecule has 1 saturated heterocycles. The molecule has 1 aliphatic heterocycles. The Labute approximate surface area is 183 Å². The van der Waals surface area contributed by atoms with Gasteiger partial charge < -0.3 is 4.57 Å². The first-order valence-corrected chi connectivity index (χ1v) is 12.5. The number of likely N-dealkylation sites (tertiary alicyclic amines) is 1. The molecular formula is C25H43N3O2. The molecule has 2 rings (SSSR count). The van der Waals surface area contributed by atoms with Crippen molar-refractivity contribution < 1.29 is 9.59 Å². The van der Waals surface area contributed by atoms with Crippen molar-refractivity contribution in [3.05, 3.63) is 18.2 Å². The predicted octanol–water partition coefficient (Wildman–Crippen LogP) is 6.08. The number of amides is 2. The number of carbonyl (C=O) groups is 2. The maximum Gasteiger partial charge on any atom is 0.252 e. The number of rotatable bonds is 16. The van der Waals surface area contributed by atoms with Crippen LogP contribution in [-0.2, 0) is 16.0 Å².